The Bertz CT molecular complexity index is 1310. The average molecular weight is 690 g/mol. The maximum atomic E-state index is 12.2. The van der Waals surface area contributed by atoms with E-state index in [1.165, 1.54) is 0 Å². The Hall–Kier alpha value is -3.83. The van der Waals surface area contributed by atoms with Gasteiger partial charge >= 0.3 is 0 Å². The van der Waals surface area contributed by atoms with Gasteiger partial charge in [-0.3, -0.25) is 9.79 Å². The largest absolute Gasteiger partial charge is 0.478 e. The van der Waals surface area contributed by atoms with Crippen molar-refractivity contribution >= 4 is 11.7 Å². The summed E-state index contributed by atoms with van der Waals surface area (Å²) in [5, 5.41) is 2.96. The van der Waals surface area contributed by atoms with Gasteiger partial charge in [0.2, 0.25) is 11.8 Å². The summed E-state index contributed by atoms with van der Waals surface area (Å²) in [6, 6.07) is 24.6. The molecule has 3 aromatic rings. The molecular weight excluding hydrogens is 630 g/mol. The standard InChI is InChI=1S/C40H59N5O5/c1-40(2,39(42)44-22-11-9-19-37(46)43-23-14-25-48-28-30-49-29-27-47-24-13-21-41)20-10-12-26-50-38-32-35(33-15-5-3-6-16-33)31-36(45-38)34-17-7-4-8-18-34/h3-8,15-18,31-32H,9-14,19-30,41H2,1-2H3,(H2,42,44)(H,43,46). The zero-order valence-corrected chi connectivity index (χ0v) is 30.2. The van der Waals surface area contributed by atoms with E-state index in [0.29, 0.717) is 84.0 Å². The van der Waals surface area contributed by atoms with Crippen molar-refractivity contribution in [2.24, 2.45) is 21.9 Å². The topological polar surface area (TPSA) is 143 Å². The lowest BCUT2D eigenvalue weighted by Crippen LogP contribution is -2.32. The van der Waals surface area contributed by atoms with Gasteiger partial charge in [0, 0.05) is 49.8 Å². The Morgan fingerprint density at radius 1 is 0.740 bits per heavy atom. The summed E-state index contributed by atoms with van der Waals surface area (Å²) in [4.78, 5) is 21.6. The Morgan fingerprint density at radius 3 is 2.06 bits per heavy atom. The number of pyridine rings is 1. The van der Waals surface area contributed by atoms with E-state index in [1.54, 1.807) is 0 Å². The van der Waals surface area contributed by atoms with E-state index >= 15 is 0 Å². The number of ether oxygens (including phenoxy) is 4. The first-order valence-corrected chi connectivity index (χ1v) is 18.1. The third kappa shape index (κ3) is 16.7. The highest BCUT2D eigenvalue weighted by Crippen LogP contribution is 2.29. The van der Waals surface area contributed by atoms with Crippen LogP contribution in [0.1, 0.15) is 65.2 Å². The predicted octanol–water partition coefficient (Wildman–Crippen LogP) is 6.42. The van der Waals surface area contributed by atoms with Crippen LogP contribution in [0.5, 0.6) is 5.88 Å². The van der Waals surface area contributed by atoms with Crippen LogP contribution in [0.4, 0.5) is 0 Å². The Labute approximate surface area is 299 Å². The molecule has 3 rings (SSSR count). The number of nitrogens with zero attached hydrogens (tertiary/aromatic N) is 2. The maximum Gasteiger partial charge on any atom is 0.219 e. The number of amides is 1. The van der Waals surface area contributed by atoms with Crippen molar-refractivity contribution in [1.82, 2.24) is 10.3 Å². The average Bonchev–Trinajstić information content (AvgIpc) is 3.13. The summed E-state index contributed by atoms with van der Waals surface area (Å²) in [5.74, 6) is 1.34. The van der Waals surface area contributed by atoms with E-state index < -0.39 is 0 Å². The second-order valence-electron chi connectivity index (χ2n) is 12.9. The minimum absolute atomic E-state index is 0.0563. The number of hydrogen-bond donors (Lipinski definition) is 3. The molecule has 0 unspecified atom stereocenters. The number of amidine groups is 1. The van der Waals surface area contributed by atoms with Crippen molar-refractivity contribution < 1.29 is 23.7 Å². The van der Waals surface area contributed by atoms with Crippen molar-refractivity contribution in [3.63, 3.8) is 0 Å². The van der Waals surface area contributed by atoms with Crippen LogP contribution < -0.4 is 21.5 Å². The number of unbranched alkanes of at least 4 members (excludes halogenated alkanes) is 2. The summed E-state index contributed by atoms with van der Waals surface area (Å²) < 4.78 is 22.5. The van der Waals surface area contributed by atoms with Crippen LogP contribution in [0.15, 0.2) is 77.8 Å². The third-order valence-electron chi connectivity index (χ3n) is 8.24. The van der Waals surface area contributed by atoms with E-state index in [9.17, 15) is 4.79 Å². The molecule has 0 aliphatic heterocycles. The Kier molecular flexibility index (Phi) is 19.8. The summed E-state index contributed by atoms with van der Waals surface area (Å²) in [6.07, 6.45) is 6.45. The number of rotatable bonds is 27. The molecule has 2 aromatic carbocycles. The van der Waals surface area contributed by atoms with Gasteiger partial charge in [0.25, 0.3) is 0 Å². The van der Waals surface area contributed by atoms with E-state index in [4.69, 9.17) is 35.4 Å². The van der Waals surface area contributed by atoms with E-state index in [-0.39, 0.29) is 11.3 Å². The summed E-state index contributed by atoms with van der Waals surface area (Å²) >= 11 is 0. The molecule has 0 aliphatic rings. The molecule has 0 saturated carbocycles. The lowest BCUT2D eigenvalue weighted by molar-refractivity contribution is -0.121. The van der Waals surface area contributed by atoms with Gasteiger partial charge in [-0.25, -0.2) is 4.98 Å². The van der Waals surface area contributed by atoms with Gasteiger partial charge in [-0.1, -0.05) is 74.5 Å². The summed E-state index contributed by atoms with van der Waals surface area (Å²) in [5.41, 5.74) is 15.8. The fourth-order valence-corrected chi connectivity index (χ4v) is 5.14. The van der Waals surface area contributed by atoms with Crippen molar-refractivity contribution in [3.05, 3.63) is 72.8 Å². The quantitative estimate of drug-likeness (QED) is 0.0473. The molecule has 1 aromatic heterocycles. The van der Waals surface area contributed by atoms with Gasteiger partial charge in [-0.2, -0.15) is 0 Å². The highest BCUT2D eigenvalue weighted by molar-refractivity contribution is 5.85. The molecule has 0 radical (unpaired) electrons. The minimum atomic E-state index is -0.212. The molecule has 1 amide bonds. The SMILES string of the molecule is CC(C)(CCCCOc1cc(-c2ccccc2)cc(-c2ccccc2)n1)C(N)=NCCCCC(=O)NCCCOCCOCCOCCCN. The molecule has 0 fully saturated rings. The molecule has 5 N–H and O–H groups in total. The first-order chi connectivity index (χ1) is 24.4. The van der Waals surface area contributed by atoms with Gasteiger partial charge in [0.05, 0.1) is 44.6 Å². The number of carbonyl (C=O) groups is 1. The van der Waals surface area contributed by atoms with Crippen molar-refractivity contribution in [2.75, 3.05) is 65.9 Å². The number of aliphatic imine (C=N–C) groups is 1. The highest BCUT2D eigenvalue weighted by atomic mass is 16.5. The van der Waals surface area contributed by atoms with E-state index in [0.717, 1.165) is 67.3 Å². The number of carbonyl (C=O) groups excluding carboxylic acids is 1. The van der Waals surface area contributed by atoms with Gasteiger partial charge in [0.15, 0.2) is 0 Å². The van der Waals surface area contributed by atoms with Gasteiger partial charge in [-0.05, 0) is 68.7 Å². The van der Waals surface area contributed by atoms with E-state index in [2.05, 4.69) is 54.5 Å². The first-order valence-electron chi connectivity index (χ1n) is 18.1. The molecule has 10 nitrogen and oxygen atoms in total. The zero-order chi connectivity index (χ0) is 35.7. The molecule has 0 aliphatic carbocycles. The van der Waals surface area contributed by atoms with Crippen LogP contribution in [-0.4, -0.2) is 82.6 Å². The van der Waals surface area contributed by atoms with Crippen LogP contribution in [-0.2, 0) is 19.0 Å². The first kappa shape index (κ1) is 40.6. The number of nitrogens with two attached hydrogens (primary N) is 2. The van der Waals surface area contributed by atoms with Crippen molar-refractivity contribution in [3.8, 4) is 28.3 Å². The molecule has 1 heterocycles. The number of aromatic nitrogens is 1. The molecule has 0 saturated heterocycles. The zero-order valence-electron chi connectivity index (χ0n) is 30.2. The number of hydrogen-bond acceptors (Lipinski definition) is 8. The second kappa shape index (κ2) is 24.3. The lowest BCUT2D eigenvalue weighted by atomic mass is 9.86. The Morgan fingerprint density at radius 2 is 1.38 bits per heavy atom. The summed E-state index contributed by atoms with van der Waals surface area (Å²) in [7, 11) is 0. The maximum absolute atomic E-state index is 12.2. The molecular formula is C40H59N5O5. The van der Waals surface area contributed by atoms with Crippen LogP contribution >= 0.6 is 0 Å². The number of benzene rings is 2. The van der Waals surface area contributed by atoms with Crippen molar-refractivity contribution in [1.29, 1.82) is 0 Å². The van der Waals surface area contributed by atoms with Gasteiger partial charge < -0.3 is 35.7 Å². The van der Waals surface area contributed by atoms with Crippen molar-refractivity contribution in [2.45, 2.75) is 65.2 Å². The fourth-order valence-electron chi connectivity index (χ4n) is 5.14. The minimum Gasteiger partial charge on any atom is -0.478 e. The summed E-state index contributed by atoms with van der Waals surface area (Å²) in [6.45, 7) is 10.1. The molecule has 10 heteroatoms. The monoisotopic (exact) mass is 689 g/mol. The fraction of sp³-hybridized carbons (Fsp3) is 0.525. The second-order valence-corrected chi connectivity index (χ2v) is 12.9. The number of nitrogens with one attached hydrogen (secondary N) is 1. The Balaban J connectivity index is 1.25. The smallest absolute Gasteiger partial charge is 0.219 e. The van der Waals surface area contributed by atoms with Crippen LogP contribution in [0.2, 0.25) is 0 Å². The lowest BCUT2D eigenvalue weighted by Gasteiger charge is -2.24. The molecule has 0 atom stereocenters. The molecule has 0 bridgehead atoms. The highest BCUT2D eigenvalue weighted by Gasteiger charge is 2.22. The molecule has 274 valence electrons. The molecule has 0 spiro atoms. The van der Waals surface area contributed by atoms with Crippen LogP contribution in [0, 0.1) is 5.41 Å². The normalized spacial score (nSPS) is 11.9. The van der Waals surface area contributed by atoms with Gasteiger partial charge in [0.1, 0.15) is 0 Å². The van der Waals surface area contributed by atoms with Gasteiger partial charge in [-0.15, -0.1) is 0 Å². The third-order valence-corrected chi connectivity index (χ3v) is 8.24. The van der Waals surface area contributed by atoms with Crippen LogP contribution in [0.3, 0.4) is 0 Å². The van der Waals surface area contributed by atoms with E-state index in [1.807, 2.05) is 42.5 Å². The molecule has 50 heavy (non-hydrogen) atoms. The predicted molar refractivity (Wildman–Crippen MR) is 202 cm³/mol. The van der Waals surface area contributed by atoms with Crippen LogP contribution in [0.25, 0.3) is 22.4 Å².